The highest BCUT2D eigenvalue weighted by Gasteiger charge is 2.10. The van der Waals surface area contributed by atoms with Crippen molar-refractivity contribution in [2.24, 2.45) is 0 Å². The van der Waals surface area contributed by atoms with Crippen LogP contribution in [0.1, 0.15) is 25.4 Å². The lowest BCUT2D eigenvalue weighted by Gasteiger charge is -2.19. The number of likely N-dealkylation sites (N-methyl/N-ethyl adjacent to an activating group) is 1. The van der Waals surface area contributed by atoms with Gasteiger partial charge in [-0.25, -0.2) is 9.97 Å². The molecule has 1 aromatic heterocycles. The minimum absolute atomic E-state index is 0.00332. The molecule has 0 unspecified atom stereocenters. The van der Waals surface area contributed by atoms with Crippen molar-refractivity contribution in [3.63, 3.8) is 0 Å². The Morgan fingerprint density at radius 2 is 2.06 bits per heavy atom. The number of aryl methyl sites for hydroxylation is 2. The Labute approximate surface area is 102 Å². The first-order valence-electron chi connectivity index (χ1n) is 5.71. The summed E-state index contributed by atoms with van der Waals surface area (Å²) in [7, 11) is 1.85. The highest BCUT2D eigenvalue weighted by Crippen LogP contribution is 2.09. The van der Waals surface area contributed by atoms with E-state index in [9.17, 15) is 4.79 Å². The molecule has 0 aliphatic heterocycles. The minimum atomic E-state index is -0.00332. The summed E-state index contributed by atoms with van der Waals surface area (Å²) in [6, 6.07) is 2.03. The number of aromatic nitrogens is 2. The van der Waals surface area contributed by atoms with Crippen LogP contribution in [-0.2, 0) is 4.79 Å². The summed E-state index contributed by atoms with van der Waals surface area (Å²) in [5.41, 5.74) is 0.906. The number of nitrogens with one attached hydrogen (secondary N) is 1. The summed E-state index contributed by atoms with van der Waals surface area (Å²) in [5.74, 6) is 1.49. The molecule has 17 heavy (non-hydrogen) atoms. The van der Waals surface area contributed by atoms with E-state index in [1.165, 1.54) is 0 Å². The summed E-state index contributed by atoms with van der Waals surface area (Å²) in [5, 5.41) is 2.85. The number of nitrogens with zero attached hydrogens (tertiary/aromatic N) is 3. The van der Waals surface area contributed by atoms with Crippen molar-refractivity contribution in [1.82, 2.24) is 15.3 Å². The SMILES string of the molecule is Cc1cc(N(C)CC(=O)NC(C)C)nc(C)n1. The van der Waals surface area contributed by atoms with Crippen LogP contribution in [0.2, 0.25) is 0 Å². The molecule has 0 bridgehead atoms. The molecule has 0 aliphatic rings. The number of hydrogen-bond donors (Lipinski definition) is 1. The molecule has 0 radical (unpaired) electrons. The number of carbonyl (C=O) groups is 1. The normalized spacial score (nSPS) is 10.5. The van der Waals surface area contributed by atoms with Gasteiger partial charge in [-0.1, -0.05) is 0 Å². The number of rotatable bonds is 4. The van der Waals surface area contributed by atoms with E-state index < -0.39 is 0 Å². The lowest BCUT2D eigenvalue weighted by atomic mass is 10.3. The highest BCUT2D eigenvalue weighted by atomic mass is 16.2. The third-order valence-corrected chi connectivity index (χ3v) is 2.17. The lowest BCUT2D eigenvalue weighted by molar-refractivity contribution is -0.120. The van der Waals surface area contributed by atoms with Crippen molar-refractivity contribution in [3.8, 4) is 0 Å². The molecule has 5 nitrogen and oxygen atoms in total. The Morgan fingerprint density at radius 1 is 1.41 bits per heavy atom. The van der Waals surface area contributed by atoms with Gasteiger partial charge in [-0.2, -0.15) is 0 Å². The van der Waals surface area contributed by atoms with E-state index in [1.54, 1.807) is 0 Å². The summed E-state index contributed by atoms with van der Waals surface area (Å²) in [6.45, 7) is 7.95. The first-order valence-corrected chi connectivity index (χ1v) is 5.71. The maximum Gasteiger partial charge on any atom is 0.239 e. The second kappa shape index (κ2) is 5.61. The highest BCUT2D eigenvalue weighted by molar-refractivity contribution is 5.81. The van der Waals surface area contributed by atoms with Crippen LogP contribution in [0.5, 0.6) is 0 Å². The Hall–Kier alpha value is -1.65. The van der Waals surface area contributed by atoms with Gasteiger partial charge in [-0.15, -0.1) is 0 Å². The van der Waals surface area contributed by atoms with Gasteiger partial charge in [0.05, 0.1) is 6.54 Å². The van der Waals surface area contributed by atoms with Gasteiger partial charge >= 0.3 is 0 Å². The molecule has 1 aromatic rings. The summed E-state index contributed by atoms with van der Waals surface area (Å²) in [4.78, 5) is 21.9. The molecule has 1 amide bonds. The molecule has 0 aliphatic carbocycles. The smallest absolute Gasteiger partial charge is 0.239 e. The molecule has 0 saturated heterocycles. The van der Waals surface area contributed by atoms with Crippen LogP contribution in [0.4, 0.5) is 5.82 Å². The first-order chi connectivity index (χ1) is 7.88. The van der Waals surface area contributed by atoms with E-state index >= 15 is 0 Å². The van der Waals surface area contributed by atoms with Crippen LogP contribution in [0, 0.1) is 13.8 Å². The van der Waals surface area contributed by atoms with Gasteiger partial charge < -0.3 is 10.2 Å². The van der Waals surface area contributed by atoms with Crippen LogP contribution < -0.4 is 10.2 Å². The van der Waals surface area contributed by atoms with Crippen molar-refractivity contribution in [2.45, 2.75) is 33.7 Å². The largest absolute Gasteiger partial charge is 0.352 e. The molecule has 0 saturated carbocycles. The fourth-order valence-corrected chi connectivity index (χ4v) is 1.56. The maximum absolute atomic E-state index is 11.6. The molecule has 5 heteroatoms. The number of amides is 1. The number of hydrogen-bond acceptors (Lipinski definition) is 4. The van der Waals surface area contributed by atoms with E-state index in [2.05, 4.69) is 15.3 Å². The van der Waals surface area contributed by atoms with Crippen LogP contribution in [0.3, 0.4) is 0 Å². The van der Waals surface area contributed by atoms with Crippen LogP contribution in [0.25, 0.3) is 0 Å². The zero-order valence-electron chi connectivity index (χ0n) is 11.1. The fourth-order valence-electron chi connectivity index (χ4n) is 1.56. The Morgan fingerprint density at radius 3 is 2.59 bits per heavy atom. The maximum atomic E-state index is 11.6. The Bertz CT molecular complexity index is 383. The molecule has 1 rings (SSSR count). The average molecular weight is 236 g/mol. The quantitative estimate of drug-likeness (QED) is 0.849. The second-order valence-corrected chi connectivity index (χ2v) is 4.49. The molecular weight excluding hydrogens is 216 g/mol. The van der Waals surface area contributed by atoms with Crippen molar-refractivity contribution < 1.29 is 4.79 Å². The van der Waals surface area contributed by atoms with Crippen LogP contribution >= 0.6 is 0 Å². The van der Waals surface area contributed by atoms with E-state index in [0.717, 1.165) is 17.3 Å². The second-order valence-electron chi connectivity index (χ2n) is 4.49. The Balaban J connectivity index is 2.69. The average Bonchev–Trinajstić information content (AvgIpc) is 2.14. The summed E-state index contributed by atoms with van der Waals surface area (Å²) < 4.78 is 0. The van der Waals surface area contributed by atoms with Gasteiger partial charge in [0.15, 0.2) is 0 Å². The third-order valence-electron chi connectivity index (χ3n) is 2.17. The van der Waals surface area contributed by atoms with Gasteiger partial charge in [0.2, 0.25) is 5.91 Å². The van der Waals surface area contributed by atoms with Crippen molar-refractivity contribution in [3.05, 3.63) is 17.6 Å². The summed E-state index contributed by atoms with van der Waals surface area (Å²) in [6.07, 6.45) is 0. The topological polar surface area (TPSA) is 58.1 Å². The van der Waals surface area contributed by atoms with E-state index in [-0.39, 0.29) is 11.9 Å². The van der Waals surface area contributed by atoms with Gasteiger partial charge in [-0.05, 0) is 27.7 Å². The minimum Gasteiger partial charge on any atom is -0.352 e. The first kappa shape index (κ1) is 13.4. The number of anilines is 1. The summed E-state index contributed by atoms with van der Waals surface area (Å²) >= 11 is 0. The monoisotopic (exact) mass is 236 g/mol. The zero-order chi connectivity index (χ0) is 13.0. The van der Waals surface area contributed by atoms with Crippen molar-refractivity contribution in [2.75, 3.05) is 18.5 Å². The number of carbonyl (C=O) groups excluding carboxylic acids is 1. The molecular formula is C12H20N4O. The standard InChI is InChI=1S/C12H20N4O/c1-8(2)13-12(17)7-16(5)11-6-9(3)14-10(4)15-11/h6,8H,7H2,1-5H3,(H,13,17). The van der Waals surface area contributed by atoms with Gasteiger partial charge in [-0.3, -0.25) is 4.79 Å². The fraction of sp³-hybridized carbons (Fsp3) is 0.583. The molecule has 94 valence electrons. The van der Waals surface area contributed by atoms with Gasteiger partial charge in [0.1, 0.15) is 11.6 Å². The molecule has 0 aromatic carbocycles. The van der Waals surface area contributed by atoms with Gasteiger partial charge in [0, 0.05) is 24.8 Å². The predicted molar refractivity (Wildman–Crippen MR) is 68.1 cm³/mol. The molecule has 0 spiro atoms. The Kier molecular flexibility index (Phi) is 4.43. The van der Waals surface area contributed by atoms with E-state index in [1.807, 2.05) is 45.7 Å². The predicted octanol–water partition coefficient (Wildman–Crippen LogP) is 1.05. The van der Waals surface area contributed by atoms with Crippen LogP contribution in [-0.4, -0.2) is 35.5 Å². The third kappa shape index (κ3) is 4.38. The van der Waals surface area contributed by atoms with Crippen LogP contribution in [0.15, 0.2) is 6.07 Å². The molecule has 1 heterocycles. The molecule has 0 fully saturated rings. The lowest BCUT2D eigenvalue weighted by Crippen LogP contribution is -2.38. The van der Waals surface area contributed by atoms with Crippen molar-refractivity contribution >= 4 is 11.7 Å². The van der Waals surface area contributed by atoms with E-state index in [4.69, 9.17) is 0 Å². The molecule has 0 atom stereocenters. The van der Waals surface area contributed by atoms with Gasteiger partial charge in [0.25, 0.3) is 0 Å². The van der Waals surface area contributed by atoms with Crippen molar-refractivity contribution in [1.29, 1.82) is 0 Å². The zero-order valence-corrected chi connectivity index (χ0v) is 11.1. The van der Waals surface area contributed by atoms with E-state index in [0.29, 0.717) is 6.54 Å². The molecule has 1 N–H and O–H groups in total.